The fourth-order valence-electron chi connectivity index (χ4n) is 0.680. The molecular formula is C5H9N2O3P. The first-order chi connectivity index (χ1) is 5.02. The van der Waals surface area contributed by atoms with Crippen molar-refractivity contribution in [2.24, 2.45) is 0 Å². The van der Waals surface area contributed by atoms with Crippen molar-refractivity contribution in [2.45, 2.75) is 12.6 Å². The van der Waals surface area contributed by atoms with Gasteiger partial charge in [-0.3, -0.25) is 9.66 Å². The lowest BCUT2D eigenvalue weighted by Gasteiger charge is -2.09. The van der Waals surface area contributed by atoms with E-state index in [1.54, 1.807) is 6.07 Å². The van der Waals surface area contributed by atoms with Crippen LogP contribution < -0.4 is 0 Å². The lowest BCUT2D eigenvalue weighted by molar-refractivity contribution is 0.361. The number of aromatic amines is 1. The highest BCUT2D eigenvalue weighted by Gasteiger charge is 2.26. The molecule has 0 aromatic carbocycles. The Morgan fingerprint density at radius 3 is 2.73 bits per heavy atom. The predicted octanol–water partition coefficient (Wildman–Crippen LogP) is 0.648. The molecule has 11 heavy (non-hydrogen) atoms. The summed E-state index contributed by atoms with van der Waals surface area (Å²) in [6.07, 6.45) is 1.46. The van der Waals surface area contributed by atoms with Gasteiger partial charge in [-0.15, -0.1) is 0 Å². The van der Waals surface area contributed by atoms with Gasteiger partial charge >= 0.3 is 7.60 Å². The summed E-state index contributed by atoms with van der Waals surface area (Å²) >= 11 is 0. The van der Waals surface area contributed by atoms with Crippen LogP contribution in [0.1, 0.15) is 18.3 Å². The first-order valence-corrected chi connectivity index (χ1v) is 4.74. The molecule has 62 valence electrons. The van der Waals surface area contributed by atoms with Crippen LogP contribution in [0.2, 0.25) is 0 Å². The number of rotatable bonds is 2. The summed E-state index contributed by atoms with van der Waals surface area (Å²) in [6.45, 7) is 1.45. The molecule has 1 aromatic rings. The van der Waals surface area contributed by atoms with Crippen LogP contribution in [0, 0.1) is 0 Å². The first-order valence-electron chi connectivity index (χ1n) is 3.06. The fourth-order valence-corrected chi connectivity index (χ4v) is 1.19. The van der Waals surface area contributed by atoms with E-state index in [9.17, 15) is 4.57 Å². The summed E-state index contributed by atoms with van der Waals surface area (Å²) in [5.41, 5.74) is -0.344. The standard InChI is InChI=1S/C5H9N2O3P/c1-4(11(8,9)10)5-2-3-6-7-5/h2-4H,1H3,(H,6,7)(H2,8,9,10). The largest absolute Gasteiger partial charge is 0.334 e. The summed E-state index contributed by atoms with van der Waals surface area (Å²) in [5, 5.41) is 6.09. The van der Waals surface area contributed by atoms with Crippen molar-refractivity contribution in [3.8, 4) is 0 Å². The molecule has 0 aliphatic rings. The van der Waals surface area contributed by atoms with Gasteiger partial charge in [0.2, 0.25) is 0 Å². The summed E-state index contributed by atoms with van der Waals surface area (Å²) in [5.74, 6) is 0. The second-order valence-corrected chi connectivity index (χ2v) is 4.23. The minimum absolute atomic E-state index is 0.457. The smallest absolute Gasteiger partial charge is 0.324 e. The van der Waals surface area contributed by atoms with E-state index in [1.165, 1.54) is 13.1 Å². The second-order valence-electron chi connectivity index (χ2n) is 2.28. The van der Waals surface area contributed by atoms with Crippen LogP contribution in [-0.2, 0) is 4.57 Å². The predicted molar refractivity (Wildman–Crippen MR) is 39.0 cm³/mol. The number of aromatic nitrogens is 2. The van der Waals surface area contributed by atoms with Gasteiger partial charge in [-0.25, -0.2) is 0 Å². The highest BCUT2D eigenvalue weighted by atomic mass is 31.2. The molecule has 0 aliphatic carbocycles. The maximum atomic E-state index is 10.7. The topological polar surface area (TPSA) is 86.2 Å². The molecule has 3 N–H and O–H groups in total. The van der Waals surface area contributed by atoms with Crippen LogP contribution in [-0.4, -0.2) is 20.0 Å². The van der Waals surface area contributed by atoms with Gasteiger partial charge in [-0.2, -0.15) is 5.10 Å². The molecule has 0 saturated heterocycles. The Labute approximate surface area is 63.6 Å². The van der Waals surface area contributed by atoms with Crippen LogP contribution >= 0.6 is 7.60 Å². The molecule has 1 rings (SSSR count). The first kappa shape index (κ1) is 8.46. The number of nitrogens with zero attached hydrogens (tertiary/aromatic N) is 1. The Kier molecular flexibility index (Phi) is 2.13. The Morgan fingerprint density at radius 2 is 2.36 bits per heavy atom. The van der Waals surface area contributed by atoms with Crippen LogP contribution in [0.15, 0.2) is 12.3 Å². The highest BCUT2D eigenvalue weighted by Crippen LogP contribution is 2.50. The van der Waals surface area contributed by atoms with E-state index in [4.69, 9.17) is 9.79 Å². The van der Waals surface area contributed by atoms with E-state index in [0.29, 0.717) is 5.69 Å². The molecule has 1 aromatic heterocycles. The molecule has 0 spiro atoms. The summed E-state index contributed by atoms with van der Waals surface area (Å²) in [6, 6.07) is 1.55. The minimum atomic E-state index is -4.02. The Balaban J connectivity index is 2.87. The maximum Gasteiger partial charge on any atom is 0.334 e. The van der Waals surface area contributed by atoms with Gasteiger partial charge in [-0.05, 0) is 13.0 Å². The van der Waals surface area contributed by atoms with Crippen LogP contribution in [0.3, 0.4) is 0 Å². The Hall–Kier alpha value is -0.640. The lowest BCUT2D eigenvalue weighted by atomic mass is 10.3. The zero-order valence-corrected chi connectivity index (χ0v) is 6.82. The molecule has 1 heterocycles. The van der Waals surface area contributed by atoms with Gasteiger partial charge in [0.05, 0.1) is 11.4 Å². The Bertz CT molecular complexity index is 265. The van der Waals surface area contributed by atoms with Crippen molar-refractivity contribution in [1.82, 2.24) is 10.2 Å². The van der Waals surface area contributed by atoms with E-state index < -0.39 is 13.3 Å². The number of nitrogens with one attached hydrogen (secondary N) is 1. The van der Waals surface area contributed by atoms with Crippen molar-refractivity contribution < 1.29 is 14.4 Å². The lowest BCUT2D eigenvalue weighted by Crippen LogP contribution is -1.94. The number of hydrogen-bond donors (Lipinski definition) is 3. The van der Waals surface area contributed by atoms with Crippen LogP contribution in [0.5, 0.6) is 0 Å². The van der Waals surface area contributed by atoms with Crippen molar-refractivity contribution in [3.63, 3.8) is 0 Å². The van der Waals surface area contributed by atoms with Crippen molar-refractivity contribution >= 4 is 7.60 Å². The SMILES string of the molecule is CC(c1ccn[nH]1)P(=O)(O)O. The van der Waals surface area contributed by atoms with Crippen LogP contribution in [0.25, 0.3) is 0 Å². The van der Waals surface area contributed by atoms with E-state index in [-0.39, 0.29) is 0 Å². The monoisotopic (exact) mass is 176 g/mol. The van der Waals surface area contributed by atoms with E-state index in [2.05, 4.69) is 10.2 Å². The minimum Gasteiger partial charge on any atom is -0.324 e. The third kappa shape index (κ3) is 1.89. The number of H-pyrrole nitrogens is 1. The molecule has 6 heteroatoms. The third-order valence-electron chi connectivity index (χ3n) is 1.48. The molecular weight excluding hydrogens is 167 g/mol. The van der Waals surface area contributed by atoms with Gasteiger partial charge < -0.3 is 9.79 Å². The van der Waals surface area contributed by atoms with E-state index in [0.717, 1.165) is 0 Å². The average molecular weight is 176 g/mol. The van der Waals surface area contributed by atoms with Crippen molar-refractivity contribution in [2.75, 3.05) is 0 Å². The molecule has 0 bridgehead atoms. The van der Waals surface area contributed by atoms with Gasteiger partial charge in [0.15, 0.2) is 0 Å². The third-order valence-corrected chi connectivity index (χ3v) is 2.76. The zero-order valence-electron chi connectivity index (χ0n) is 5.93. The van der Waals surface area contributed by atoms with Gasteiger partial charge in [0.1, 0.15) is 0 Å². The van der Waals surface area contributed by atoms with Gasteiger partial charge in [0, 0.05) is 6.20 Å². The summed E-state index contributed by atoms with van der Waals surface area (Å²) in [7, 11) is -4.02. The Morgan fingerprint density at radius 1 is 1.73 bits per heavy atom. The summed E-state index contributed by atoms with van der Waals surface area (Å²) < 4.78 is 10.7. The summed E-state index contributed by atoms with van der Waals surface area (Å²) in [4.78, 5) is 17.4. The quantitative estimate of drug-likeness (QED) is 0.577. The van der Waals surface area contributed by atoms with Crippen molar-refractivity contribution in [1.29, 1.82) is 0 Å². The van der Waals surface area contributed by atoms with Gasteiger partial charge in [-0.1, -0.05) is 0 Å². The second kappa shape index (κ2) is 2.77. The maximum absolute atomic E-state index is 10.7. The van der Waals surface area contributed by atoms with E-state index in [1.807, 2.05) is 0 Å². The van der Waals surface area contributed by atoms with E-state index >= 15 is 0 Å². The van der Waals surface area contributed by atoms with Gasteiger partial charge in [0.25, 0.3) is 0 Å². The number of hydrogen-bond acceptors (Lipinski definition) is 2. The molecule has 5 nitrogen and oxygen atoms in total. The molecule has 0 fully saturated rings. The highest BCUT2D eigenvalue weighted by molar-refractivity contribution is 7.52. The normalized spacial score (nSPS) is 14.8. The molecule has 1 unspecified atom stereocenters. The molecule has 0 aliphatic heterocycles. The molecule has 1 atom stereocenters. The fraction of sp³-hybridized carbons (Fsp3) is 0.400. The molecule has 0 amide bonds. The average Bonchev–Trinajstić information content (AvgIpc) is 2.34. The molecule has 0 saturated carbocycles. The van der Waals surface area contributed by atoms with Crippen LogP contribution in [0.4, 0.5) is 0 Å². The zero-order chi connectivity index (χ0) is 8.48. The molecule has 0 radical (unpaired) electrons. The van der Waals surface area contributed by atoms with Crippen molar-refractivity contribution in [3.05, 3.63) is 18.0 Å².